The number of benzene rings is 1. The summed E-state index contributed by atoms with van der Waals surface area (Å²) in [7, 11) is 1.59. The minimum atomic E-state index is -0.0176. The van der Waals surface area contributed by atoms with Crippen molar-refractivity contribution in [1.29, 1.82) is 0 Å². The lowest BCUT2D eigenvalue weighted by Gasteiger charge is -2.32. The molecule has 0 aliphatic carbocycles. The van der Waals surface area contributed by atoms with Crippen LogP contribution in [0, 0.1) is 0 Å². The Hall–Kier alpha value is -1.63. The van der Waals surface area contributed by atoms with Crippen LogP contribution in [0.5, 0.6) is 5.75 Å². The summed E-state index contributed by atoms with van der Waals surface area (Å²) in [4.78, 5) is 26.3. The second-order valence-electron chi connectivity index (χ2n) is 6.24. The van der Waals surface area contributed by atoms with E-state index in [0.29, 0.717) is 37.6 Å². The summed E-state index contributed by atoms with van der Waals surface area (Å²) < 4.78 is 10.8. The van der Waals surface area contributed by atoms with Crippen LogP contribution in [-0.2, 0) is 9.53 Å². The smallest absolute Gasteiger partial charge is 0.223 e. The van der Waals surface area contributed by atoms with Crippen molar-refractivity contribution in [3.63, 3.8) is 0 Å². The zero-order chi connectivity index (χ0) is 18.1. The summed E-state index contributed by atoms with van der Waals surface area (Å²) in [5.41, 5.74) is 6.07. The standard InChI is InChI=1S/C19H28N2O4.ClH/c1-24-16-5-3-15(4-6-16)18(22)7-8-19(23)21-12-9-17(10-13-21)25-14-2-11-20;/h3-6,17H,2,7-14,20H2,1H3;1H. The van der Waals surface area contributed by atoms with Crippen molar-refractivity contribution in [2.24, 2.45) is 5.73 Å². The van der Waals surface area contributed by atoms with Crippen LogP contribution in [0.15, 0.2) is 24.3 Å². The number of likely N-dealkylation sites (tertiary alicyclic amines) is 1. The Morgan fingerprint density at radius 2 is 1.81 bits per heavy atom. The van der Waals surface area contributed by atoms with E-state index < -0.39 is 0 Å². The van der Waals surface area contributed by atoms with E-state index in [1.807, 2.05) is 4.90 Å². The van der Waals surface area contributed by atoms with Gasteiger partial charge in [-0.1, -0.05) is 0 Å². The fourth-order valence-electron chi connectivity index (χ4n) is 2.91. The monoisotopic (exact) mass is 384 g/mol. The number of hydrogen-bond donors (Lipinski definition) is 1. The molecule has 146 valence electrons. The molecule has 1 fully saturated rings. The van der Waals surface area contributed by atoms with Crippen molar-refractivity contribution >= 4 is 24.1 Å². The van der Waals surface area contributed by atoms with Gasteiger partial charge in [-0.25, -0.2) is 0 Å². The average molecular weight is 385 g/mol. The first kappa shape index (κ1) is 22.4. The van der Waals surface area contributed by atoms with Gasteiger partial charge in [0.15, 0.2) is 5.78 Å². The molecule has 1 aromatic rings. The van der Waals surface area contributed by atoms with Gasteiger partial charge in [0.1, 0.15) is 5.75 Å². The van der Waals surface area contributed by atoms with Crippen LogP contribution < -0.4 is 10.5 Å². The van der Waals surface area contributed by atoms with Crippen LogP contribution in [0.1, 0.15) is 42.5 Å². The van der Waals surface area contributed by atoms with Gasteiger partial charge in [-0.3, -0.25) is 9.59 Å². The van der Waals surface area contributed by atoms with Crippen LogP contribution in [0.2, 0.25) is 0 Å². The highest BCUT2D eigenvalue weighted by atomic mass is 35.5. The lowest BCUT2D eigenvalue weighted by atomic mass is 10.0. The van der Waals surface area contributed by atoms with Gasteiger partial charge < -0.3 is 20.1 Å². The molecule has 2 rings (SSSR count). The molecular weight excluding hydrogens is 356 g/mol. The van der Waals surface area contributed by atoms with Crippen LogP contribution in [-0.4, -0.2) is 56.0 Å². The maximum atomic E-state index is 12.3. The molecule has 1 aliphatic heterocycles. The number of nitrogens with two attached hydrogens (primary N) is 1. The van der Waals surface area contributed by atoms with E-state index in [2.05, 4.69) is 0 Å². The molecule has 1 aromatic carbocycles. The quantitative estimate of drug-likeness (QED) is 0.522. The molecule has 0 unspecified atom stereocenters. The lowest BCUT2D eigenvalue weighted by Crippen LogP contribution is -2.41. The topological polar surface area (TPSA) is 81.9 Å². The minimum Gasteiger partial charge on any atom is -0.497 e. The maximum Gasteiger partial charge on any atom is 0.223 e. The van der Waals surface area contributed by atoms with Gasteiger partial charge in [0.05, 0.1) is 13.2 Å². The summed E-state index contributed by atoms with van der Waals surface area (Å²) in [6.45, 7) is 2.72. The van der Waals surface area contributed by atoms with Crippen LogP contribution in [0.25, 0.3) is 0 Å². The van der Waals surface area contributed by atoms with Crippen molar-refractivity contribution in [2.45, 2.75) is 38.2 Å². The molecule has 6 nitrogen and oxygen atoms in total. The van der Waals surface area contributed by atoms with E-state index in [0.717, 1.165) is 19.3 Å². The van der Waals surface area contributed by atoms with Crippen molar-refractivity contribution in [3.05, 3.63) is 29.8 Å². The van der Waals surface area contributed by atoms with Crippen molar-refractivity contribution in [3.8, 4) is 5.75 Å². The minimum absolute atomic E-state index is 0. The Morgan fingerprint density at radius 3 is 2.38 bits per heavy atom. The first-order valence-corrected chi connectivity index (χ1v) is 8.90. The maximum absolute atomic E-state index is 12.3. The fourth-order valence-corrected chi connectivity index (χ4v) is 2.91. The number of halogens is 1. The van der Waals surface area contributed by atoms with Gasteiger partial charge in [-0.15, -0.1) is 12.4 Å². The molecule has 0 aromatic heterocycles. The Bertz CT molecular complexity index is 557. The number of ketones is 1. The zero-order valence-electron chi connectivity index (χ0n) is 15.3. The molecule has 1 amide bonds. The zero-order valence-corrected chi connectivity index (χ0v) is 16.1. The number of Topliss-reactive ketones (excluding diaryl/α,β-unsaturated/α-hetero) is 1. The fraction of sp³-hybridized carbons (Fsp3) is 0.579. The van der Waals surface area contributed by atoms with Gasteiger partial charge in [0, 0.05) is 38.1 Å². The molecule has 0 atom stereocenters. The van der Waals surface area contributed by atoms with E-state index in [-0.39, 0.29) is 43.0 Å². The number of nitrogens with zero attached hydrogens (tertiary/aromatic N) is 1. The SMILES string of the molecule is COc1ccc(C(=O)CCC(=O)N2CCC(OCCCN)CC2)cc1.Cl. The average Bonchev–Trinajstić information content (AvgIpc) is 2.66. The second kappa shape index (κ2) is 11.9. The highest BCUT2D eigenvalue weighted by molar-refractivity contribution is 5.98. The highest BCUT2D eigenvalue weighted by Crippen LogP contribution is 2.17. The Balaban J connectivity index is 0.00000338. The predicted octanol–water partition coefficient (Wildman–Crippen LogP) is 2.44. The largest absolute Gasteiger partial charge is 0.497 e. The van der Waals surface area contributed by atoms with Gasteiger partial charge >= 0.3 is 0 Å². The molecule has 1 heterocycles. The lowest BCUT2D eigenvalue weighted by molar-refractivity contribution is -0.133. The molecule has 1 aliphatic rings. The first-order chi connectivity index (χ1) is 12.1. The number of hydrogen-bond acceptors (Lipinski definition) is 5. The molecule has 1 saturated heterocycles. The van der Waals surface area contributed by atoms with Gasteiger partial charge in [-0.2, -0.15) is 0 Å². The first-order valence-electron chi connectivity index (χ1n) is 8.90. The molecule has 0 bridgehead atoms. The second-order valence-corrected chi connectivity index (χ2v) is 6.24. The molecule has 26 heavy (non-hydrogen) atoms. The van der Waals surface area contributed by atoms with Crippen LogP contribution in [0.4, 0.5) is 0 Å². The number of piperidine rings is 1. The third-order valence-corrected chi connectivity index (χ3v) is 4.47. The molecular formula is C19H29ClN2O4. The molecule has 2 N–H and O–H groups in total. The van der Waals surface area contributed by atoms with Crippen molar-refractivity contribution in [2.75, 3.05) is 33.4 Å². The molecule has 7 heteroatoms. The van der Waals surface area contributed by atoms with E-state index in [1.165, 1.54) is 0 Å². The molecule has 0 radical (unpaired) electrons. The van der Waals surface area contributed by atoms with E-state index in [4.69, 9.17) is 15.2 Å². The van der Waals surface area contributed by atoms with Gasteiger partial charge in [-0.05, 0) is 50.1 Å². The molecule has 0 saturated carbocycles. The summed E-state index contributed by atoms with van der Waals surface area (Å²) >= 11 is 0. The Kier molecular flexibility index (Phi) is 10.2. The van der Waals surface area contributed by atoms with Crippen molar-refractivity contribution in [1.82, 2.24) is 4.90 Å². The third kappa shape index (κ3) is 6.94. The van der Waals surface area contributed by atoms with Gasteiger partial charge in [0.25, 0.3) is 0 Å². The Morgan fingerprint density at radius 1 is 1.15 bits per heavy atom. The number of methoxy groups -OCH3 is 1. The van der Waals surface area contributed by atoms with E-state index in [1.54, 1.807) is 31.4 Å². The number of amides is 1. The van der Waals surface area contributed by atoms with E-state index in [9.17, 15) is 9.59 Å². The highest BCUT2D eigenvalue weighted by Gasteiger charge is 2.23. The number of carbonyl (C=O) groups is 2. The van der Waals surface area contributed by atoms with Crippen LogP contribution >= 0.6 is 12.4 Å². The third-order valence-electron chi connectivity index (χ3n) is 4.47. The van der Waals surface area contributed by atoms with Crippen molar-refractivity contribution < 1.29 is 19.1 Å². The number of rotatable bonds is 9. The summed E-state index contributed by atoms with van der Waals surface area (Å²) in [6.07, 6.45) is 3.27. The summed E-state index contributed by atoms with van der Waals surface area (Å²) in [5, 5.41) is 0. The summed E-state index contributed by atoms with van der Waals surface area (Å²) in [5.74, 6) is 0.738. The Labute approximate surface area is 161 Å². The normalized spacial score (nSPS) is 14.6. The number of carbonyl (C=O) groups excluding carboxylic acids is 2. The van der Waals surface area contributed by atoms with Crippen LogP contribution in [0.3, 0.4) is 0 Å². The predicted molar refractivity (Wildman–Crippen MR) is 103 cm³/mol. The van der Waals surface area contributed by atoms with Gasteiger partial charge in [0.2, 0.25) is 5.91 Å². The molecule has 0 spiro atoms. The van der Waals surface area contributed by atoms with E-state index >= 15 is 0 Å². The summed E-state index contributed by atoms with van der Waals surface area (Å²) in [6, 6.07) is 6.97. The number of ether oxygens (including phenoxy) is 2.